The normalized spacial score (nSPS) is 11.8. The van der Waals surface area contributed by atoms with Crippen LogP contribution in [-0.4, -0.2) is 20.1 Å². The third kappa shape index (κ3) is 4.15. The molecule has 0 amide bonds. The summed E-state index contributed by atoms with van der Waals surface area (Å²) in [6, 6.07) is 23.3. The van der Waals surface area contributed by atoms with E-state index in [1.807, 2.05) is 93.6 Å². The molecule has 4 aromatic rings. The van der Waals surface area contributed by atoms with Crippen LogP contribution in [0.4, 0.5) is 0 Å². The van der Waals surface area contributed by atoms with Gasteiger partial charge in [-0.3, -0.25) is 0 Å². The third-order valence-corrected chi connectivity index (χ3v) is 5.02. The molecule has 4 rings (SSSR count). The minimum atomic E-state index is -0.296. The van der Waals surface area contributed by atoms with Crippen molar-refractivity contribution < 1.29 is 9.84 Å². The molecule has 0 aliphatic carbocycles. The third-order valence-electron chi connectivity index (χ3n) is 5.02. The van der Waals surface area contributed by atoms with E-state index >= 15 is 0 Å². The van der Waals surface area contributed by atoms with Gasteiger partial charge in [0.25, 0.3) is 0 Å². The van der Waals surface area contributed by atoms with E-state index in [0.717, 1.165) is 33.6 Å². The lowest BCUT2D eigenvalue weighted by atomic mass is 10.0. The molecule has 1 atom stereocenters. The van der Waals surface area contributed by atoms with E-state index in [9.17, 15) is 5.11 Å². The Bertz CT molecular complexity index is 1140. The van der Waals surface area contributed by atoms with Crippen molar-refractivity contribution in [3.63, 3.8) is 0 Å². The predicted octanol–water partition coefficient (Wildman–Crippen LogP) is 5.67. The van der Waals surface area contributed by atoms with Crippen molar-refractivity contribution in [2.45, 2.75) is 26.9 Å². The fourth-order valence-electron chi connectivity index (χ4n) is 3.45. The Hall–Kier alpha value is -3.73. The number of aromatic hydroxyl groups is 1. The summed E-state index contributed by atoms with van der Waals surface area (Å²) in [4.78, 5) is 12.9. The molecule has 1 heterocycles. The van der Waals surface area contributed by atoms with Crippen molar-refractivity contribution >= 4 is 0 Å². The van der Waals surface area contributed by atoms with E-state index in [0.29, 0.717) is 11.6 Å². The maximum absolute atomic E-state index is 10.1. The highest BCUT2D eigenvalue weighted by Gasteiger charge is 2.14. The fraction of sp³-hybridized carbons (Fsp3) is 0.160. The van der Waals surface area contributed by atoms with Crippen LogP contribution in [0.3, 0.4) is 0 Å². The highest BCUT2D eigenvalue weighted by atomic mass is 16.5. The van der Waals surface area contributed by atoms with Gasteiger partial charge in [-0.2, -0.15) is 9.97 Å². The summed E-state index contributed by atoms with van der Waals surface area (Å²) in [6.45, 7) is 6.02. The number of aromatic nitrogens is 3. The number of hydrogen-bond acceptors (Lipinski definition) is 5. The Labute approximate surface area is 176 Å². The number of ether oxygens (including phenoxy) is 1. The summed E-state index contributed by atoms with van der Waals surface area (Å²) in [5, 5.41) is 10.1. The Morgan fingerprint density at radius 1 is 0.733 bits per heavy atom. The van der Waals surface area contributed by atoms with E-state index in [-0.39, 0.29) is 12.1 Å². The first-order chi connectivity index (χ1) is 14.5. The van der Waals surface area contributed by atoms with Gasteiger partial charge in [0.2, 0.25) is 0 Å². The zero-order valence-electron chi connectivity index (χ0n) is 17.2. The monoisotopic (exact) mass is 397 g/mol. The van der Waals surface area contributed by atoms with E-state index in [1.54, 1.807) is 0 Å². The zero-order valence-corrected chi connectivity index (χ0v) is 17.2. The van der Waals surface area contributed by atoms with Gasteiger partial charge >= 0.3 is 6.01 Å². The number of nitrogens with zero attached hydrogens (tertiary/aromatic N) is 3. The first-order valence-electron chi connectivity index (χ1n) is 9.85. The van der Waals surface area contributed by atoms with E-state index in [2.05, 4.69) is 15.0 Å². The van der Waals surface area contributed by atoms with Crippen molar-refractivity contribution in [2.75, 3.05) is 0 Å². The molecule has 0 aliphatic heterocycles. The summed E-state index contributed by atoms with van der Waals surface area (Å²) >= 11 is 0. The molecule has 0 saturated heterocycles. The molecule has 0 unspecified atom stereocenters. The molecule has 0 fully saturated rings. The van der Waals surface area contributed by atoms with Crippen molar-refractivity contribution in [3.8, 4) is 34.5 Å². The van der Waals surface area contributed by atoms with Gasteiger partial charge in [0.1, 0.15) is 11.9 Å². The van der Waals surface area contributed by atoms with Crippen LogP contribution in [0.2, 0.25) is 0 Å². The molecule has 0 aliphatic rings. The van der Waals surface area contributed by atoms with Crippen LogP contribution in [0, 0.1) is 13.8 Å². The number of rotatable bonds is 5. The molecular formula is C25H23N3O2. The molecule has 1 aromatic heterocycles. The van der Waals surface area contributed by atoms with Crippen LogP contribution in [-0.2, 0) is 0 Å². The van der Waals surface area contributed by atoms with Crippen LogP contribution in [0.5, 0.6) is 11.8 Å². The van der Waals surface area contributed by atoms with Crippen LogP contribution in [0.15, 0.2) is 72.8 Å². The first kappa shape index (κ1) is 19.6. The average Bonchev–Trinajstić information content (AvgIpc) is 2.74. The second-order valence-electron chi connectivity index (χ2n) is 7.24. The largest absolute Gasteiger partial charge is 0.486 e. The van der Waals surface area contributed by atoms with Crippen molar-refractivity contribution in [1.29, 1.82) is 0 Å². The molecule has 5 nitrogen and oxygen atoms in total. The smallest absolute Gasteiger partial charge is 0.318 e. The highest BCUT2D eigenvalue weighted by molar-refractivity contribution is 5.67. The van der Waals surface area contributed by atoms with Gasteiger partial charge in [-0.15, -0.1) is 0 Å². The number of hydrogen-bond donors (Lipinski definition) is 1. The van der Waals surface area contributed by atoms with E-state index in [4.69, 9.17) is 4.74 Å². The summed E-state index contributed by atoms with van der Waals surface area (Å²) in [5.74, 6) is 1.64. The molecule has 5 heteroatoms. The average molecular weight is 397 g/mol. The highest BCUT2D eigenvalue weighted by Crippen LogP contribution is 2.28. The van der Waals surface area contributed by atoms with Gasteiger partial charge in [-0.05, 0) is 61.7 Å². The van der Waals surface area contributed by atoms with Gasteiger partial charge in [0.15, 0.2) is 11.6 Å². The SMILES string of the molecule is Cc1cccc(C)c1-c1nc(O)nc(-c2ccc(O[C@H](C)c3ccccc3)cc2)n1. The van der Waals surface area contributed by atoms with Crippen LogP contribution >= 0.6 is 0 Å². The predicted molar refractivity (Wildman–Crippen MR) is 117 cm³/mol. The maximum Gasteiger partial charge on any atom is 0.318 e. The van der Waals surface area contributed by atoms with Crippen molar-refractivity contribution in [2.24, 2.45) is 0 Å². The fourth-order valence-corrected chi connectivity index (χ4v) is 3.45. The summed E-state index contributed by atoms with van der Waals surface area (Å²) in [5.41, 5.74) is 4.89. The van der Waals surface area contributed by atoms with E-state index in [1.165, 1.54) is 0 Å². The Kier molecular flexibility index (Phi) is 5.44. The molecule has 0 bridgehead atoms. The van der Waals surface area contributed by atoms with Crippen LogP contribution < -0.4 is 4.74 Å². The molecule has 30 heavy (non-hydrogen) atoms. The molecule has 150 valence electrons. The zero-order chi connectivity index (χ0) is 21.1. The first-order valence-corrected chi connectivity index (χ1v) is 9.85. The lowest BCUT2D eigenvalue weighted by molar-refractivity contribution is 0.227. The lowest BCUT2D eigenvalue weighted by Crippen LogP contribution is -2.03. The minimum Gasteiger partial charge on any atom is -0.486 e. The van der Waals surface area contributed by atoms with Gasteiger partial charge in [-0.1, -0.05) is 48.5 Å². The maximum atomic E-state index is 10.1. The second kappa shape index (κ2) is 8.33. The van der Waals surface area contributed by atoms with Crippen molar-refractivity contribution in [1.82, 2.24) is 15.0 Å². The van der Waals surface area contributed by atoms with Gasteiger partial charge < -0.3 is 9.84 Å². The second-order valence-corrected chi connectivity index (χ2v) is 7.24. The van der Waals surface area contributed by atoms with Crippen LogP contribution in [0.1, 0.15) is 29.7 Å². The van der Waals surface area contributed by atoms with Gasteiger partial charge in [0, 0.05) is 11.1 Å². The molecule has 1 N–H and O–H groups in total. The van der Waals surface area contributed by atoms with Gasteiger partial charge in [0.05, 0.1) is 0 Å². The molecule has 0 spiro atoms. The summed E-state index contributed by atoms with van der Waals surface area (Å²) in [7, 11) is 0. The number of aryl methyl sites for hydroxylation is 2. The van der Waals surface area contributed by atoms with E-state index < -0.39 is 0 Å². The minimum absolute atomic E-state index is 0.0612. The van der Waals surface area contributed by atoms with Crippen molar-refractivity contribution in [3.05, 3.63) is 89.5 Å². The Morgan fingerprint density at radius 2 is 1.37 bits per heavy atom. The van der Waals surface area contributed by atoms with Crippen LogP contribution in [0.25, 0.3) is 22.8 Å². The molecule has 0 saturated carbocycles. The summed E-state index contributed by atoms with van der Waals surface area (Å²) < 4.78 is 6.04. The summed E-state index contributed by atoms with van der Waals surface area (Å²) in [6.07, 6.45) is -0.0612. The quantitative estimate of drug-likeness (QED) is 0.470. The standard InChI is InChI=1S/C25H23N3O2/c1-16-8-7-9-17(2)22(16)24-26-23(27-25(29)28-24)20-12-14-21(15-13-20)30-18(3)19-10-5-4-6-11-19/h4-15,18H,1-3H3,(H,26,27,28,29)/t18-/m1/s1. The Morgan fingerprint density at radius 3 is 2.03 bits per heavy atom. The lowest BCUT2D eigenvalue weighted by Gasteiger charge is -2.15. The molecule has 0 radical (unpaired) electrons. The Balaban J connectivity index is 1.61. The molecule has 3 aromatic carbocycles. The number of benzene rings is 3. The molecular weight excluding hydrogens is 374 g/mol. The topological polar surface area (TPSA) is 68.1 Å². The van der Waals surface area contributed by atoms with Gasteiger partial charge in [-0.25, -0.2) is 4.98 Å².